The molecule has 1 aliphatic carbocycles. The van der Waals surface area contributed by atoms with Crippen LogP contribution in [0, 0.1) is 0 Å². The Morgan fingerprint density at radius 2 is 1.05 bits per heavy atom. The van der Waals surface area contributed by atoms with Crippen molar-refractivity contribution >= 4 is 71.6 Å². The summed E-state index contributed by atoms with van der Waals surface area (Å²) in [7, 11) is 0. The summed E-state index contributed by atoms with van der Waals surface area (Å²) in [4.78, 5) is 2.40. The molecule has 2 aliphatic rings. The van der Waals surface area contributed by atoms with Crippen LogP contribution in [0.1, 0.15) is 22.3 Å². The molecule has 0 amide bonds. The van der Waals surface area contributed by atoms with Crippen molar-refractivity contribution in [3.05, 3.63) is 241 Å². The maximum absolute atomic E-state index is 6.92. The molecular weight excluding hydrogens is 769 g/mol. The summed E-state index contributed by atoms with van der Waals surface area (Å²) in [6, 6.07) is 79.1. The minimum atomic E-state index is -0.647. The Hall–Kier alpha value is -8.34. The van der Waals surface area contributed by atoms with Gasteiger partial charge in [0.15, 0.2) is 0 Å². The molecule has 63 heavy (non-hydrogen) atoms. The zero-order chi connectivity index (χ0) is 41.2. The number of fused-ring (bicyclic) bond motifs is 14. The lowest BCUT2D eigenvalue weighted by Crippen LogP contribution is -2.36. The number of hydrogen-bond acceptors (Lipinski definition) is 3. The lowest BCUT2D eigenvalue weighted by Gasteiger charge is -2.45. The van der Waals surface area contributed by atoms with Crippen LogP contribution in [0.5, 0.6) is 11.5 Å². The monoisotopic (exact) mass is 804 g/mol. The maximum Gasteiger partial charge on any atom is 0.135 e. The second kappa shape index (κ2) is 12.8. The Labute approximate surface area is 363 Å². The van der Waals surface area contributed by atoms with Crippen molar-refractivity contribution in [2.45, 2.75) is 5.41 Å². The highest BCUT2D eigenvalue weighted by molar-refractivity contribution is 6.12. The van der Waals surface area contributed by atoms with Gasteiger partial charge >= 0.3 is 0 Å². The van der Waals surface area contributed by atoms with Crippen molar-refractivity contribution in [2.75, 3.05) is 4.90 Å². The summed E-state index contributed by atoms with van der Waals surface area (Å²) in [5.74, 6) is 1.74. The van der Waals surface area contributed by atoms with E-state index in [0.717, 1.165) is 78.3 Å². The van der Waals surface area contributed by atoms with E-state index in [4.69, 9.17) is 9.15 Å². The van der Waals surface area contributed by atoms with Gasteiger partial charge in [-0.2, -0.15) is 0 Å². The first kappa shape index (κ1) is 34.4. The number of anilines is 3. The van der Waals surface area contributed by atoms with E-state index in [1.165, 1.54) is 43.8 Å². The molecule has 1 atom stereocenters. The van der Waals surface area contributed by atoms with Crippen LogP contribution in [0.15, 0.2) is 223 Å². The van der Waals surface area contributed by atoms with Crippen LogP contribution in [0.4, 0.5) is 17.1 Å². The average molecular weight is 805 g/mol. The van der Waals surface area contributed by atoms with Gasteiger partial charge in [0.2, 0.25) is 0 Å². The van der Waals surface area contributed by atoms with Gasteiger partial charge in [0.1, 0.15) is 22.7 Å². The van der Waals surface area contributed by atoms with Crippen molar-refractivity contribution < 1.29 is 9.15 Å². The van der Waals surface area contributed by atoms with Crippen LogP contribution in [0.3, 0.4) is 0 Å². The molecule has 0 fully saturated rings. The highest BCUT2D eigenvalue weighted by Gasteiger charge is 2.49. The summed E-state index contributed by atoms with van der Waals surface area (Å²) in [5.41, 5.74) is 15.0. The van der Waals surface area contributed by atoms with Crippen LogP contribution in [0.2, 0.25) is 0 Å². The zero-order valence-electron chi connectivity index (χ0n) is 34.0. The summed E-state index contributed by atoms with van der Waals surface area (Å²) in [6.45, 7) is 0. The van der Waals surface area contributed by atoms with Gasteiger partial charge < -0.3 is 18.6 Å². The molecule has 3 heterocycles. The zero-order valence-corrected chi connectivity index (χ0v) is 34.0. The van der Waals surface area contributed by atoms with Crippen LogP contribution in [0.25, 0.3) is 71.3 Å². The van der Waals surface area contributed by atoms with E-state index in [-0.39, 0.29) is 0 Å². The summed E-state index contributed by atoms with van der Waals surface area (Å²) in [5, 5.41) is 7.12. The fourth-order valence-electron chi connectivity index (χ4n) is 11.1. The average Bonchev–Trinajstić information content (AvgIpc) is 3.88. The van der Waals surface area contributed by atoms with Crippen molar-refractivity contribution in [1.29, 1.82) is 0 Å². The van der Waals surface area contributed by atoms with E-state index in [0.29, 0.717) is 0 Å². The Morgan fingerprint density at radius 3 is 1.97 bits per heavy atom. The van der Waals surface area contributed by atoms with Gasteiger partial charge in [0.05, 0.1) is 16.4 Å². The molecule has 0 bridgehead atoms. The molecule has 294 valence electrons. The van der Waals surface area contributed by atoms with Crippen LogP contribution in [-0.2, 0) is 5.41 Å². The second-order valence-electron chi connectivity index (χ2n) is 16.8. The minimum Gasteiger partial charge on any atom is -0.457 e. The lowest BCUT2D eigenvalue weighted by molar-refractivity contribution is 0.435. The molecule has 0 radical (unpaired) electrons. The highest BCUT2D eigenvalue weighted by Crippen LogP contribution is 2.61. The standard InChI is InChI=1S/C59H36N2O2/c1-2-16-38(17-3-1)60(39-28-31-53-46(34-39)43-19-5-9-25-52(43)61(53)40-29-32-55-47(35-40)44-20-6-10-26-54(44)62-55)41-30-33-57-51(36-41)59(49-23-8-11-27-56(49)63-57)48-22-7-4-18-42(48)45-21-12-14-37-15-13-24-50(59)58(37)45/h1-36H. The highest BCUT2D eigenvalue weighted by atomic mass is 16.5. The Morgan fingerprint density at radius 1 is 0.381 bits per heavy atom. The van der Waals surface area contributed by atoms with E-state index in [1.807, 2.05) is 12.1 Å². The number of aromatic nitrogens is 1. The molecule has 1 spiro atoms. The van der Waals surface area contributed by atoms with Gasteiger partial charge in [-0.3, -0.25) is 0 Å². The van der Waals surface area contributed by atoms with Gasteiger partial charge in [0.25, 0.3) is 0 Å². The number of benzene rings is 10. The molecule has 1 unspecified atom stereocenters. The molecular formula is C59H36N2O2. The second-order valence-corrected chi connectivity index (χ2v) is 16.8. The first-order valence-corrected chi connectivity index (χ1v) is 21.6. The van der Waals surface area contributed by atoms with E-state index >= 15 is 0 Å². The molecule has 12 aromatic rings. The quantitative estimate of drug-likeness (QED) is 0.178. The van der Waals surface area contributed by atoms with Gasteiger partial charge in [-0.05, 0) is 118 Å². The lowest BCUT2D eigenvalue weighted by atomic mass is 9.58. The van der Waals surface area contributed by atoms with Crippen molar-refractivity contribution in [3.63, 3.8) is 0 Å². The van der Waals surface area contributed by atoms with Gasteiger partial charge in [-0.1, -0.05) is 133 Å². The molecule has 10 aromatic carbocycles. The van der Waals surface area contributed by atoms with Gasteiger partial charge in [-0.25, -0.2) is 0 Å². The normalized spacial score (nSPS) is 14.9. The topological polar surface area (TPSA) is 30.5 Å². The fourth-order valence-corrected chi connectivity index (χ4v) is 11.1. The smallest absolute Gasteiger partial charge is 0.135 e. The molecule has 4 nitrogen and oxygen atoms in total. The Bertz CT molecular complexity index is 3850. The van der Waals surface area contributed by atoms with Crippen molar-refractivity contribution in [2.24, 2.45) is 0 Å². The molecule has 2 aromatic heterocycles. The number of hydrogen-bond donors (Lipinski definition) is 0. The third-order valence-electron chi connectivity index (χ3n) is 13.6. The molecule has 1 aliphatic heterocycles. The number of ether oxygens (including phenoxy) is 1. The molecule has 4 heteroatoms. The number of rotatable bonds is 4. The number of furan rings is 1. The third-order valence-corrected chi connectivity index (χ3v) is 13.6. The van der Waals surface area contributed by atoms with E-state index in [2.05, 4.69) is 216 Å². The first-order valence-electron chi connectivity index (χ1n) is 21.6. The van der Waals surface area contributed by atoms with Crippen molar-refractivity contribution in [1.82, 2.24) is 4.57 Å². The largest absolute Gasteiger partial charge is 0.457 e. The van der Waals surface area contributed by atoms with Gasteiger partial charge in [0, 0.05) is 55.4 Å². The number of nitrogens with zero attached hydrogens (tertiary/aromatic N) is 2. The Kier molecular flexibility index (Phi) is 7.01. The number of para-hydroxylation sites is 4. The van der Waals surface area contributed by atoms with Crippen LogP contribution >= 0.6 is 0 Å². The van der Waals surface area contributed by atoms with E-state index in [1.54, 1.807) is 0 Å². The van der Waals surface area contributed by atoms with E-state index in [9.17, 15) is 0 Å². The Balaban J connectivity index is 1.01. The third kappa shape index (κ3) is 4.69. The molecule has 14 rings (SSSR count). The predicted molar refractivity (Wildman–Crippen MR) is 258 cm³/mol. The SMILES string of the molecule is c1ccc(N(c2ccc3c(c2)C2(c4ccccc4O3)c3ccccc3-c3cccc4cccc2c34)c2ccc3c(c2)c2ccccc2n3-c2ccc3oc4ccccc4c3c2)cc1. The fraction of sp³-hybridized carbons (Fsp3) is 0.0169. The van der Waals surface area contributed by atoms with Crippen molar-refractivity contribution in [3.8, 4) is 28.3 Å². The van der Waals surface area contributed by atoms with Crippen LogP contribution in [-0.4, -0.2) is 4.57 Å². The van der Waals surface area contributed by atoms with Crippen LogP contribution < -0.4 is 9.64 Å². The summed E-state index contributed by atoms with van der Waals surface area (Å²) in [6.07, 6.45) is 0. The molecule has 0 saturated carbocycles. The van der Waals surface area contributed by atoms with E-state index < -0.39 is 5.41 Å². The predicted octanol–water partition coefficient (Wildman–Crippen LogP) is 15.8. The molecule has 0 N–H and O–H groups in total. The molecule has 0 saturated heterocycles. The summed E-state index contributed by atoms with van der Waals surface area (Å²) >= 11 is 0. The first-order chi connectivity index (χ1) is 31.2. The minimum absolute atomic E-state index is 0.647. The van der Waals surface area contributed by atoms with Gasteiger partial charge in [-0.15, -0.1) is 0 Å². The summed E-state index contributed by atoms with van der Waals surface area (Å²) < 4.78 is 15.5. The maximum atomic E-state index is 6.92.